The standard InChI is InChI=1S/C11H19NO6/c1-7(2)5-10(15)17-8(3)18-11(16)12(4)6-9(13)14/h7-8H,5-6H2,1-4H3,(H,13,14). The molecule has 1 unspecified atom stereocenters. The Labute approximate surface area is 106 Å². The van der Waals surface area contributed by atoms with Crippen LogP contribution in [0.4, 0.5) is 4.79 Å². The van der Waals surface area contributed by atoms with Gasteiger partial charge in [-0.15, -0.1) is 0 Å². The molecule has 7 heteroatoms. The molecule has 0 fully saturated rings. The second kappa shape index (κ2) is 7.52. The molecule has 0 bridgehead atoms. The van der Waals surface area contributed by atoms with E-state index in [1.54, 1.807) is 0 Å². The van der Waals surface area contributed by atoms with Crippen molar-refractivity contribution in [2.75, 3.05) is 13.6 Å². The van der Waals surface area contributed by atoms with Crippen molar-refractivity contribution in [3.05, 3.63) is 0 Å². The molecule has 0 saturated carbocycles. The lowest BCUT2D eigenvalue weighted by molar-refractivity contribution is -0.167. The highest BCUT2D eigenvalue weighted by Crippen LogP contribution is 2.05. The van der Waals surface area contributed by atoms with Crippen molar-refractivity contribution < 1.29 is 29.0 Å². The van der Waals surface area contributed by atoms with E-state index in [1.807, 2.05) is 13.8 Å². The highest BCUT2D eigenvalue weighted by Gasteiger charge is 2.19. The fourth-order valence-electron chi connectivity index (χ4n) is 1.09. The lowest BCUT2D eigenvalue weighted by Gasteiger charge is -2.19. The van der Waals surface area contributed by atoms with Crippen LogP contribution in [0.3, 0.4) is 0 Å². The van der Waals surface area contributed by atoms with Crippen LogP contribution in [-0.2, 0) is 19.1 Å². The summed E-state index contributed by atoms with van der Waals surface area (Å²) in [4.78, 5) is 33.8. The number of hydrogen-bond donors (Lipinski definition) is 1. The molecule has 0 aromatic rings. The number of amides is 1. The first-order valence-electron chi connectivity index (χ1n) is 5.55. The molecule has 0 rings (SSSR count). The van der Waals surface area contributed by atoms with E-state index >= 15 is 0 Å². The van der Waals surface area contributed by atoms with E-state index in [9.17, 15) is 14.4 Å². The van der Waals surface area contributed by atoms with Gasteiger partial charge in [-0.3, -0.25) is 9.59 Å². The zero-order valence-electron chi connectivity index (χ0n) is 11.0. The minimum atomic E-state index is -1.15. The number of hydrogen-bond acceptors (Lipinski definition) is 5. The Morgan fingerprint density at radius 3 is 2.17 bits per heavy atom. The van der Waals surface area contributed by atoms with Crippen LogP contribution in [0.1, 0.15) is 27.2 Å². The minimum Gasteiger partial charge on any atom is -0.480 e. The molecule has 0 saturated heterocycles. The third-order valence-corrected chi connectivity index (χ3v) is 1.82. The topological polar surface area (TPSA) is 93.1 Å². The van der Waals surface area contributed by atoms with Crippen LogP contribution in [0.5, 0.6) is 0 Å². The fraction of sp³-hybridized carbons (Fsp3) is 0.727. The lowest BCUT2D eigenvalue weighted by atomic mass is 10.1. The van der Waals surface area contributed by atoms with E-state index in [0.29, 0.717) is 0 Å². The summed E-state index contributed by atoms with van der Waals surface area (Å²) in [5.74, 6) is -1.47. The lowest BCUT2D eigenvalue weighted by Crippen LogP contribution is -2.35. The van der Waals surface area contributed by atoms with Gasteiger partial charge in [-0.05, 0) is 5.92 Å². The quantitative estimate of drug-likeness (QED) is 0.568. The van der Waals surface area contributed by atoms with E-state index in [1.165, 1.54) is 14.0 Å². The molecule has 0 aromatic carbocycles. The molecule has 0 aliphatic carbocycles. The second-order valence-electron chi connectivity index (χ2n) is 4.29. The van der Waals surface area contributed by atoms with Crippen LogP contribution in [0.25, 0.3) is 0 Å². The maximum atomic E-state index is 11.3. The van der Waals surface area contributed by atoms with Gasteiger partial charge in [0.15, 0.2) is 0 Å². The van der Waals surface area contributed by atoms with Crippen LogP contribution in [0.15, 0.2) is 0 Å². The number of esters is 1. The molecular formula is C11H19NO6. The summed E-state index contributed by atoms with van der Waals surface area (Å²) in [5.41, 5.74) is 0. The van der Waals surface area contributed by atoms with Crippen LogP contribution in [0.2, 0.25) is 0 Å². The maximum absolute atomic E-state index is 11.3. The Kier molecular flexibility index (Phi) is 6.77. The van der Waals surface area contributed by atoms with Gasteiger partial charge in [0, 0.05) is 20.4 Å². The monoisotopic (exact) mass is 261 g/mol. The van der Waals surface area contributed by atoms with E-state index in [4.69, 9.17) is 14.6 Å². The van der Waals surface area contributed by atoms with E-state index in [2.05, 4.69) is 0 Å². The first kappa shape index (κ1) is 16.2. The summed E-state index contributed by atoms with van der Waals surface area (Å²) >= 11 is 0. The number of carbonyl (C=O) groups excluding carboxylic acids is 2. The van der Waals surface area contributed by atoms with Gasteiger partial charge in [0.25, 0.3) is 0 Å². The molecule has 18 heavy (non-hydrogen) atoms. The SMILES string of the molecule is CC(C)CC(=O)OC(C)OC(=O)N(C)CC(=O)O. The Balaban J connectivity index is 4.07. The van der Waals surface area contributed by atoms with Crippen molar-refractivity contribution in [2.45, 2.75) is 33.5 Å². The highest BCUT2D eigenvalue weighted by molar-refractivity contribution is 5.76. The van der Waals surface area contributed by atoms with Gasteiger partial charge in [0.1, 0.15) is 6.54 Å². The molecule has 0 aliphatic rings. The van der Waals surface area contributed by atoms with E-state index in [0.717, 1.165) is 4.90 Å². The van der Waals surface area contributed by atoms with Gasteiger partial charge in [-0.25, -0.2) is 4.79 Å². The van der Waals surface area contributed by atoms with Crippen LogP contribution in [0, 0.1) is 5.92 Å². The van der Waals surface area contributed by atoms with Crippen molar-refractivity contribution in [1.29, 1.82) is 0 Å². The smallest absolute Gasteiger partial charge is 0.413 e. The van der Waals surface area contributed by atoms with Crippen molar-refractivity contribution in [2.24, 2.45) is 5.92 Å². The number of aliphatic carboxylic acids is 1. The van der Waals surface area contributed by atoms with Gasteiger partial charge < -0.3 is 19.5 Å². The molecule has 0 radical (unpaired) electrons. The zero-order valence-corrected chi connectivity index (χ0v) is 11.0. The van der Waals surface area contributed by atoms with Crippen LogP contribution in [-0.4, -0.2) is 47.9 Å². The Morgan fingerprint density at radius 1 is 1.17 bits per heavy atom. The Bertz CT molecular complexity index is 315. The molecular weight excluding hydrogens is 242 g/mol. The molecule has 1 amide bonds. The van der Waals surface area contributed by atoms with Gasteiger partial charge >= 0.3 is 18.0 Å². The van der Waals surface area contributed by atoms with Crippen molar-refractivity contribution in [1.82, 2.24) is 4.90 Å². The van der Waals surface area contributed by atoms with E-state index in [-0.39, 0.29) is 12.3 Å². The average molecular weight is 261 g/mol. The van der Waals surface area contributed by atoms with Crippen LogP contribution < -0.4 is 0 Å². The molecule has 1 N–H and O–H groups in total. The van der Waals surface area contributed by atoms with Crippen molar-refractivity contribution in [3.63, 3.8) is 0 Å². The Morgan fingerprint density at radius 2 is 1.72 bits per heavy atom. The summed E-state index contributed by atoms with van der Waals surface area (Å²) in [6.07, 6.45) is -1.67. The molecule has 7 nitrogen and oxygen atoms in total. The summed E-state index contributed by atoms with van der Waals surface area (Å²) < 4.78 is 9.58. The number of ether oxygens (including phenoxy) is 2. The zero-order chi connectivity index (χ0) is 14.3. The Hall–Kier alpha value is -1.79. The van der Waals surface area contributed by atoms with Crippen LogP contribution >= 0.6 is 0 Å². The summed E-state index contributed by atoms with van der Waals surface area (Å²) in [7, 11) is 1.28. The summed E-state index contributed by atoms with van der Waals surface area (Å²) in [6, 6.07) is 0. The van der Waals surface area contributed by atoms with Gasteiger partial charge in [-0.2, -0.15) is 0 Å². The average Bonchev–Trinajstić information content (AvgIpc) is 2.13. The molecule has 0 heterocycles. The number of nitrogens with zero attached hydrogens (tertiary/aromatic N) is 1. The first-order valence-corrected chi connectivity index (χ1v) is 5.55. The van der Waals surface area contributed by atoms with Crippen molar-refractivity contribution in [3.8, 4) is 0 Å². The first-order chi connectivity index (χ1) is 8.22. The van der Waals surface area contributed by atoms with Gasteiger partial charge in [0.05, 0.1) is 0 Å². The van der Waals surface area contributed by atoms with Gasteiger partial charge in [-0.1, -0.05) is 13.8 Å². The molecule has 104 valence electrons. The number of carboxylic acid groups (broad SMARTS) is 1. The predicted octanol–water partition coefficient (Wildman–Crippen LogP) is 1.07. The molecule has 0 spiro atoms. The number of carbonyl (C=O) groups is 3. The normalized spacial score (nSPS) is 11.8. The minimum absolute atomic E-state index is 0.148. The number of rotatable bonds is 6. The van der Waals surface area contributed by atoms with Gasteiger partial charge in [0.2, 0.25) is 6.29 Å². The predicted molar refractivity (Wildman–Crippen MR) is 61.8 cm³/mol. The third-order valence-electron chi connectivity index (χ3n) is 1.82. The second-order valence-corrected chi connectivity index (χ2v) is 4.29. The third kappa shape index (κ3) is 7.48. The fourth-order valence-corrected chi connectivity index (χ4v) is 1.09. The highest BCUT2D eigenvalue weighted by atomic mass is 16.7. The summed E-state index contributed by atoms with van der Waals surface area (Å²) in [5, 5.41) is 8.48. The number of carboxylic acids is 1. The van der Waals surface area contributed by atoms with Crippen molar-refractivity contribution >= 4 is 18.0 Å². The van der Waals surface area contributed by atoms with E-state index < -0.39 is 30.9 Å². The summed E-state index contributed by atoms with van der Waals surface area (Å²) in [6.45, 7) is 4.63. The largest absolute Gasteiger partial charge is 0.480 e. The maximum Gasteiger partial charge on any atom is 0.413 e. The number of likely N-dealkylation sites (N-methyl/N-ethyl adjacent to an activating group) is 1. The molecule has 0 aromatic heterocycles. The molecule has 1 atom stereocenters. The molecule has 0 aliphatic heterocycles.